The molecule has 0 aliphatic heterocycles. The Labute approximate surface area is 104 Å². The Morgan fingerprint density at radius 3 is 2.71 bits per heavy atom. The third kappa shape index (κ3) is 2.86. The van der Waals surface area contributed by atoms with Crippen LogP contribution in [0, 0.1) is 0 Å². The van der Waals surface area contributed by atoms with E-state index in [-0.39, 0.29) is 0 Å². The molecule has 2 aromatic rings. The lowest BCUT2D eigenvalue weighted by Gasteiger charge is -2.08. The van der Waals surface area contributed by atoms with Crippen molar-refractivity contribution in [2.45, 2.75) is 32.6 Å². The lowest BCUT2D eigenvalue weighted by atomic mass is 9.97. The number of aryl methyl sites for hydroxylation is 2. The highest BCUT2D eigenvalue weighted by atomic mass is 14.5. The number of nitrogens with two attached hydrogens (primary N) is 1. The van der Waals surface area contributed by atoms with Crippen molar-refractivity contribution in [3.63, 3.8) is 0 Å². The highest BCUT2D eigenvalue weighted by Gasteiger charge is 2.01. The molecule has 0 aliphatic rings. The zero-order chi connectivity index (χ0) is 12.1. The van der Waals surface area contributed by atoms with Crippen molar-refractivity contribution >= 4 is 10.8 Å². The van der Waals surface area contributed by atoms with Gasteiger partial charge in [0.25, 0.3) is 0 Å². The molecule has 0 radical (unpaired) electrons. The predicted octanol–water partition coefficient (Wildman–Crippen LogP) is 3.68. The summed E-state index contributed by atoms with van der Waals surface area (Å²) < 4.78 is 0. The Hall–Kier alpha value is -1.34. The van der Waals surface area contributed by atoms with Gasteiger partial charge >= 0.3 is 0 Å². The van der Waals surface area contributed by atoms with Gasteiger partial charge in [-0.05, 0) is 47.7 Å². The largest absolute Gasteiger partial charge is 0.330 e. The fourth-order valence-corrected chi connectivity index (χ4v) is 2.34. The maximum atomic E-state index is 5.60. The summed E-state index contributed by atoms with van der Waals surface area (Å²) in [7, 11) is 0. The van der Waals surface area contributed by atoms with Crippen molar-refractivity contribution < 1.29 is 0 Å². The first-order chi connectivity index (χ1) is 8.35. The predicted molar refractivity (Wildman–Crippen MR) is 75.3 cm³/mol. The van der Waals surface area contributed by atoms with Crippen LogP contribution in [0.2, 0.25) is 0 Å². The van der Waals surface area contributed by atoms with Gasteiger partial charge in [-0.3, -0.25) is 0 Å². The molecule has 0 spiro atoms. The van der Waals surface area contributed by atoms with Crippen LogP contribution in [0.3, 0.4) is 0 Å². The molecule has 2 rings (SSSR count). The van der Waals surface area contributed by atoms with Gasteiger partial charge in [0.15, 0.2) is 0 Å². The molecule has 1 nitrogen and oxygen atoms in total. The summed E-state index contributed by atoms with van der Waals surface area (Å²) in [5.41, 5.74) is 8.48. The Balaban J connectivity index is 2.40. The molecule has 0 unspecified atom stereocenters. The monoisotopic (exact) mass is 227 g/mol. The Morgan fingerprint density at radius 2 is 1.94 bits per heavy atom. The maximum Gasteiger partial charge on any atom is -0.00741 e. The fraction of sp³-hybridized carbons (Fsp3) is 0.375. The molecule has 2 N–H and O–H groups in total. The summed E-state index contributed by atoms with van der Waals surface area (Å²) in [6.07, 6.45) is 4.53. The molecular weight excluding hydrogens is 206 g/mol. The number of hydrogen-bond acceptors (Lipinski definition) is 1. The van der Waals surface area contributed by atoms with E-state index in [1.165, 1.54) is 34.7 Å². The van der Waals surface area contributed by atoms with Crippen LogP contribution >= 0.6 is 0 Å². The second-order valence-corrected chi connectivity index (χ2v) is 4.61. The van der Waals surface area contributed by atoms with E-state index >= 15 is 0 Å². The summed E-state index contributed by atoms with van der Waals surface area (Å²) >= 11 is 0. The summed E-state index contributed by atoms with van der Waals surface area (Å²) in [5, 5.41) is 2.76. The minimum atomic E-state index is 0.769. The quantitative estimate of drug-likeness (QED) is 0.828. The molecule has 0 fully saturated rings. The third-order valence-electron chi connectivity index (χ3n) is 3.23. The maximum absolute atomic E-state index is 5.60. The lowest BCUT2D eigenvalue weighted by molar-refractivity contribution is 0.837. The van der Waals surface area contributed by atoms with Gasteiger partial charge in [0.1, 0.15) is 0 Å². The molecule has 0 aliphatic carbocycles. The normalized spacial score (nSPS) is 10.9. The van der Waals surface area contributed by atoms with Gasteiger partial charge in [0.2, 0.25) is 0 Å². The number of benzene rings is 2. The van der Waals surface area contributed by atoms with Gasteiger partial charge < -0.3 is 5.73 Å². The number of fused-ring (bicyclic) bond motifs is 1. The first-order valence-electron chi connectivity index (χ1n) is 6.55. The summed E-state index contributed by atoms with van der Waals surface area (Å²) in [4.78, 5) is 0. The van der Waals surface area contributed by atoms with Crippen molar-refractivity contribution in [3.05, 3.63) is 47.5 Å². The van der Waals surface area contributed by atoms with Crippen LogP contribution in [0.4, 0.5) is 0 Å². The first-order valence-corrected chi connectivity index (χ1v) is 6.55. The topological polar surface area (TPSA) is 26.0 Å². The van der Waals surface area contributed by atoms with Gasteiger partial charge in [-0.2, -0.15) is 0 Å². The van der Waals surface area contributed by atoms with Crippen LogP contribution < -0.4 is 5.73 Å². The van der Waals surface area contributed by atoms with Crippen molar-refractivity contribution in [1.29, 1.82) is 0 Å². The van der Waals surface area contributed by atoms with E-state index in [4.69, 9.17) is 5.73 Å². The van der Waals surface area contributed by atoms with E-state index in [9.17, 15) is 0 Å². The molecule has 0 atom stereocenters. The van der Waals surface area contributed by atoms with E-state index in [0.29, 0.717) is 0 Å². The van der Waals surface area contributed by atoms with Gasteiger partial charge in [-0.15, -0.1) is 0 Å². The van der Waals surface area contributed by atoms with E-state index < -0.39 is 0 Å². The zero-order valence-electron chi connectivity index (χ0n) is 10.6. The van der Waals surface area contributed by atoms with E-state index in [2.05, 4.69) is 43.3 Å². The summed E-state index contributed by atoms with van der Waals surface area (Å²) in [6.45, 7) is 3.00. The van der Waals surface area contributed by atoms with Crippen molar-refractivity contribution in [3.8, 4) is 0 Å². The van der Waals surface area contributed by atoms with Crippen molar-refractivity contribution in [2.75, 3.05) is 6.54 Å². The highest BCUT2D eigenvalue weighted by molar-refractivity contribution is 5.86. The van der Waals surface area contributed by atoms with Crippen LogP contribution in [0.1, 0.15) is 30.9 Å². The minimum absolute atomic E-state index is 0.769. The molecule has 0 bridgehead atoms. The van der Waals surface area contributed by atoms with E-state index in [1.807, 2.05) is 0 Å². The Bertz CT molecular complexity index is 488. The zero-order valence-corrected chi connectivity index (χ0v) is 10.6. The van der Waals surface area contributed by atoms with Crippen LogP contribution in [-0.4, -0.2) is 6.54 Å². The molecule has 90 valence electrons. The molecule has 0 amide bonds. The smallest absolute Gasteiger partial charge is 0.00741 e. The second-order valence-electron chi connectivity index (χ2n) is 4.61. The van der Waals surface area contributed by atoms with E-state index in [1.54, 1.807) is 0 Å². The SMILES string of the molecule is CCCc1ccc2cccc(CCCN)c2c1. The lowest BCUT2D eigenvalue weighted by Crippen LogP contribution is -2.00. The van der Waals surface area contributed by atoms with Crippen molar-refractivity contribution in [1.82, 2.24) is 0 Å². The molecule has 17 heavy (non-hydrogen) atoms. The fourth-order valence-electron chi connectivity index (χ4n) is 2.34. The van der Waals surface area contributed by atoms with Crippen LogP contribution in [0.15, 0.2) is 36.4 Å². The van der Waals surface area contributed by atoms with Crippen LogP contribution in [0.25, 0.3) is 10.8 Å². The van der Waals surface area contributed by atoms with Gasteiger partial charge in [0, 0.05) is 0 Å². The third-order valence-corrected chi connectivity index (χ3v) is 3.23. The van der Waals surface area contributed by atoms with Crippen LogP contribution in [-0.2, 0) is 12.8 Å². The number of hydrogen-bond donors (Lipinski definition) is 1. The van der Waals surface area contributed by atoms with Crippen LogP contribution in [0.5, 0.6) is 0 Å². The standard InChI is InChI=1S/C16H21N/c1-2-5-13-9-10-15-7-3-6-14(8-4-11-17)16(15)12-13/h3,6-7,9-10,12H,2,4-5,8,11,17H2,1H3. The highest BCUT2D eigenvalue weighted by Crippen LogP contribution is 2.22. The Morgan fingerprint density at radius 1 is 1.06 bits per heavy atom. The summed E-state index contributed by atoms with van der Waals surface area (Å²) in [5.74, 6) is 0. The minimum Gasteiger partial charge on any atom is -0.330 e. The van der Waals surface area contributed by atoms with Gasteiger partial charge in [0.05, 0.1) is 0 Å². The summed E-state index contributed by atoms with van der Waals surface area (Å²) in [6, 6.07) is 13.4. The van der Waals surface area contributed by atoms with E-state index in [0.717, 1.165) is 19.4 Å². The molecule has 2 aromatic carbocycles. The van der Waals surface area contributed by atoms with Gasteiger partial charge in [-0.25, -0.2) is 0 Å². The second kappa shape index (κ2) is 5.83. The molecule has 0 heterocycles. The number of rotatable bonds is 5. The first kappa shape index (κ1) is 12.1. The average Bonchev–Trinajstić information content (AvgIpc) is 2.36. The molecule has 1 heteroatoms. The van der Waals surface area contributed by atoms with Crippen molar-refractivity contribution in [2.24, 2.45) is 5.73 Å². The molecule has 0 saturated carbocycles. The average molecular weight is 227 g/mol. The molecule has 0 aromatic heterocycles. The van der Waals surface area contributed by atoms with Gasteiger partial charge in [-0.1, -0.05) is 49.7 Å². The molecule has 0 saturated heterocycles. The Kier molecular flexibility index (Phi) is 4.16. The molecular formula is C16H21N.